The Kier molecular flexibility index (Phi) is 6.15. The fourth-order valence-electron chi connectivity index (χ4n) is 7.32. The summed E-state index contributed by atoms with van der Waals surface area (Å²) in [6.07, 6.45) is 4.12. The number of ether oxygens (including phenoxy) is 1. The van der Waals surface area contributed by atoms with E-state index >= 15 is 8.78 Å². The first-order chi connectivity index (χ1) is 20.0. The number of hydrogen-bond acceptors (Lipinski definition) is 7. The summed E-state index contributed by atoms with van der Waals surface area (Å²) in [4.78, 5) is 13.7. The maximum Gasteiger partial charge on any atom is 0.319 e. The molecule has 2 bridgehead atoms. The molecule has 7 rings (SSSR count). The molecular weight excluding hydrogens is 536 g/mol. The Labute approximate surface area is 244 Å². The smallest absolute Gasteiger partial charge is 0.319 e. The van der Waals surface area contributed by atoms with E-state index in [1.165, 1.54) is 12.1 Å². The second-order valence-electron chi connectivity index (χ2n) is 13.6. The topological polar surface area (TPSA) is 73.8 Å². The highest BCUT2D eigenvalue weighted by Crippen LogP contribution is 2.47. The second-order valence-corrected chi connectivity index (χ2v) is 13.6. The molecule has 2 saturated heterocycles. The largest absolute Gasteiger partial charge is 0.508 e. The zero-order chi connectivity index (χ0) is 29.4. The lowest BCUT2D eigenvalue weighted by atomic mass is 9.95. The molecule has 9 heteroatoms. The second kappa shape index (κ2) is 9.47. The third-order valence-corrected chi connectivity index (χ3v) is 9.29. The van der Waals surface area contributed by atoms with Crippen LogP contribution in [0.3, 0.4) is 0 Å². The van der Waals surface area contributed by atoms with E-state index in [9.17, 15) is 5.11 Å². The first-order valence-electron chi connectivity index (χ1n) is 14.7. The molecular formula is C33H37F2N5O2. The van der Waals surface area contributed by atoms with Crippen molar-refractivity contribution in [2.75, 3.05) is 45.2 Å². The molecule has 0 amide bonds. The van der Waals surface area contributed by atoms with E-state index in [1.54, 1.807) is 12.1 Å². The predicted octanol–water partition coefficient (Wildman–Crippen LogP) is 5.88. The number of hydrogen-bond donors (Lipinski definition) is 2. The van der Waals surface area contributed by atoms with Crippen molar-refractivity contribution < 1.29 is 18.6 Å². The minimum atomic E-state index is -0.792. The molecule has 3 aliphatic rings. The van der Waals surface area contributed by atoms with Gasteiger partial charge in [0.15, 0.2) is 5.82 Å². The molecule has 2 atom stereocenters. The molecule has 2 unspecified atom stereocenters. The fourth-order valence-corrected chi connectivity index (χ4v) is 7.32. The maximum atomic E-state index is 16.7. The lowest BCUT2D eigenvalue weighted by molar-refractivity contribution is 0.183. The molecule has 1 aliphatic carbocycles. The van der Waals surface area contributed by atoms with Gasteiger partial charge in [-0.25, -0.2) is 8.78 Å². The first kappa shape index (κ1) is 27.3. The highest BCUT2D eigenvalue weighted by molar-refractivity contribution is 6.01. The average molecular weight is 574 g/mol. The Morgan fingerprint density at radius 2 is 1.69 bits per heavy atom. The van der Waals surface area contributed by atoms with Crippen LogP contribution in [0, 0.1) is 17.0 Å². The van der Waals surface area contributed by atoms with Crippen molar-refractivity contribution in [2.45, 2.75) is 50.6 Å². The minimum Gasteiger partial charge on any atom is -0.508 e. The molecule has 1 saturated carbocycles. The van der Waals surface area contributed by atoms with Gasteiger partial charge in [-0.05, 0) is 88.2 Å². The van der Waals surface area contributed by atoms with Crippen molar-refractivity contribution in [3.05, 3.63) is 54.1 Å². The van der Waals surface area contributed by atoms with E-state index in [0.29, 0.717) is 41.7 Å². The molecule has 3 aromatic carbocycles. The van der Waals surface area contributed by atoms with Crippen molar-refractivity contribution >= 4 is 27.5 Å². The predicted molar refractivity (Wildman–Crippen MR) is 161 cm³/mol. The number of nitrogens with zero attached hydrogens (tertiary/aromatic N) is 4. The van der Waals surface area contributed by atoms with E-state index in [-0.39, 0.29) is 44.9 Å². The first-order valence-corrected chi connectivity index (χ1v) is 14.7. The summed E-state index contributed by atoms with van der Waals surface area (Å²) in [5.41, 5.74) is -0.176. The number of rotatable bonds is 7. The quantitative estimate of drug-likeness (QED) is 0.286. The molecule has 220 valence electrons. The maximum absolute atomic E-state index is 16.7. The van der Waals surface area contributed by atoms with Crippen molar-refractivity contribution in [3.63, 3.8) is 0 Å². The van der Waals surface area contributed by atoms with Gasteiger partial charge in [-0.3, -0.25) is 0 Å². The Morgan fingerprint density at radius 3 is 2.38 bits per heavy atom. The SMILES string of the molecule is CN(C)CC1(COc2nc(N3CC4(C)CCC(C)(C3)N4)c3cc(F)c(-c4cc(O)cc5ccccc45)c(F)c3n2)CC1. The fraction of sp³-hybridized carbons (Fsp3) is 0.455. The summed E-state index contributed by atoms with van der Waals surface area (Å²) in [7, 11) is 4.09. The van der Waals surface area contributed by atoms with Crippen LogP contribution in [0.25, 0.3) is 32.8 Å². The molecule has 2 N–H and O–H groups in total. The van der Waals surface area contributed by atoms with Gasteiger partial charge in [-0.1, -0.05) is 24.3 Å². The van der Waals surface area contributed by atoms with Gasteiger partial charge in [0, 0.05) is 41.5 Å². The number of halogens is 2. The van der Waals surface area contributed by atoms with E-state index in [1.807, 2.05) is 32.3 Å². The van der Waals surface area contributed by atoms with E-state index in [2.05, 4.69) is 33.9 Å². The zero-order valence-corrected chi connectivity index (χ0v) is 24.6. The lowest BCUT2D eigenvalue weighted by Crippen LogP contribution is -2.63. The average Bonchev–Trinajstić information content (AvgIpc) is 3.64. The van der Waals surface area contributed by atoms with Crippen LogP contribution < -0.4 is 15.0 Å². The summed E-state index contributed by atoms with van der Waals surface area (Å²) in [6.45, 7) is 7.00. The monoisotopic (exact) mass is 573 g/mol. The van der Waals surface area contributed by atoms with Crippen LogP contribution in [0.5, 0.6) is 11.8 Å². The number of anilines is 1. The summed E-state index contributed by atoms with van der Waals surface area (Å²) in [5.74, 6) is -1.10. The summed E-state index contributed by atoms with van der Waals surface area (Å²) in [5, 5.41) is 15.8. The molecule has 2 aliphatic heterocycles. The lowest BCUT2D eigenvalue weighted by Gasteiger charge is -2.45. The molecule has 3 fully saturated rings. The molecule has 3 heterocycles. The number of nitrogens with one attached hydrogen (secondary N) is 1. The van der Waals surface area contributed by atoms with Gasteiger partial charge < -0.3 is 25.0 Å². The van der Waals surface area contributed by atoms with E-state index in [4.69, 9.17) is 9.72 Å². The van der Waals surface area contributed by atoms with Gasteiger partial charge in [0.1, 0.15) is 22.9 Å². The Morgan fingerprint density at radius 1 is 0.976 bits per heavy atom. The van der Waals surface area contributed by atoms with Crippen LogP contribution in [0.2, 0.25) is 0 Å². The molecule has 7 nitrogen and oxygen atoms in total. The van der Waals surface area contributed by atoms with Crippen LogP contribution in [0.15, 0.2) is 42.5 Å². The highest BCUT2D eigenvalue weighted by Gasteiger charge is 2.49. The van der Waals surface area contributed by atoms with E-state index in [0.717, 1.165) is 32.2 Å². The summed E-state index contributed by atoms with van der Waals surface area (Å²) < 4.78 is 39.0. The highest BCUT2D eigenvalue weighted by atomic mass is 19.1. The normalized spacial score (nSPS) is 24.6. The number of aromatic hydroxyl groups is 1. The van der Waals surface area contributed by atoms with Gasteiger partial charge in [0.25, 0.3) is 0 Å². The Hall–Kier alpha value is -3.56. The molecule has 4 aromatic rings. The van der Waals surface area contributed by atoms with Gasteiger partial charge in [0.05, 0.1) is 12.2 Å². The number of aromatic nitrogens is 2. The summed E-state index contributed by atoms with van der Waals surface area (Å²) in [6, 6.07) is 11.7. The van der Waals surface area contributed by atoms with Gasteiger partial charge in [-0.15, -0.1) is 0 Å². The van der Waals surface area contributed by atoms with Crippen LogP contribution in [0.1, 0.15) is 39.5 Å². The zero-order valence-electron chi connectivity index (χ0n) is 24.6. The Bertz CT molecular complexity index is 1710. The Balaban J connectivity index is 1.39. The molecule has 1 aromatic heterocycles. The number of phenols is 1. The van der Waals surface area contributed by atoms with Crippen LogP contribution in [0.4, 0.5) is 14.6 Å². The number of phenolic OH excluding ortho intramolecular Hbond substituents is 1. The van der Waals surface area contributed by atoms with Gasteiger partial charge in [0.2, 0.25) is 0 Å². The third kappa shape index (κ3) is 4.72. The van der Waals surface area contributed by atoms with Crippen LogP contribution >= 0.6 is 0 Å². The number of fused-ring (bicyclic) bond motifs is 4. The van der Waals surface area contributed by atoms with Crippen molar-refractivity contribution in [3.8, 4) is 22.9 Å². The number of benzene rings is 3. The van der Waals surface area contributed by atoms with Gasteiger partial charge in [-0.2, -0.15) is 9.97 Å². The van der Waals surface area contributed by atoms with Crippen molar-refractivity contribution in [2.24, 2.45) is 5.41 Å². The molecule has 0 spiro atoms. The standard InChI is InChI=1S/C33H37F2N5O2/c1-31-9-10-32(2,38-31)17-40(16-31)29-24-15-25(34)26(23-14-21(41)13-20-7-5-6-8-22(20)23)27(35)28(24)36-30(37-29)42-19-33(11-12-33)18-39(3)4/h5-8,13-15,38,41H,9-12,16-19H2,1-4H3. The van der Waals surface area contributed by atoms with Crippen LogP contribution in [-0.2, 0) is 0 Å². The van der Waals surface area contributed by atoms with Crippen molar-refractivity contribution in [1.29, 1.82) is 0 Å². The molecule has 0 radical (unpaired) electrons. The molecule has 42 heavy (non-hydrogen) atoms. The van der Waals surface area contributed by atoms with Crippen molar-refractivity contribution in [1.82, 2.24) is 20.2 Å². The van der Waals surface area contributed by atoms with Gasteiger partial charge >= 0.3 is 6.01 Å². The number of piperazine rings is 1. The van der Waals surface area contributed by atoms with E-state index < -0.39 is 11.6 Å². The summed E-state index contributed by atoms with van der Waals surface area (Å²) >= 11 is 0. The minimum absolute atomic E-state index is 0.0115. The third-order valence-electron chi connectivity index (χ3n) is 9.29. The van der Waals surface area contributed by atoms with Crippen LogP contribution in [-0.4, -0.2) is 71.4 Å².